The van der Waals surface area contributed by atoms with E-state index < -0.39 is 0 Å². The lowest BCUT2D eigenvalue weighted by Crippen LogP contribution is -2.21. The van der Waals surface area contributed by atoms with Gasteiger partial charge < -0.3 is 4.90 Å². The molecule has 0 atom stereocenters. The normalized spacial score (nSPS) is 15.8. The van der Waals surface area contributed by atoms with Crippen molar-refractivity contribution in [2.75, 3.05) is 24.0 Å². The van der Waals surface area contributed by atoms with Crippen LogP contribution in [-0.4, -0.2) is 25.7 Å². The first-order valence-electron chi connectivity index (χ1n) is 7.91. The van der Waals surface area contributed by atoms with Crippen LogP contribution in [0, 0.1) is 6.92 Å². The summed E-state index contributed by atoms with van der Waals surface area (Å²) in [5, 5.41) is 5.88. The predicted octanol–water partition coefficient (Wildman–Crippen LogP) is 3.87. The zero-order valence-corrected chi connectivity index (χ0v) is 14.4. The number of benzene rings is 2. The summed E-state index contributed by atoms with van der Waals surface area (Å²) in [6.07, 6.45) is 1.90. The molecule has 0 saturated heterocycles. The topological polar surface area (TPSA) is 35.9 Å². The minimum Gasteiger partial charge on any atom is -0.378 e. The molecule has 1 amide bonds. The summed E-state index contributed by atoms with van der Waals surface area (Å²) in [5.74, 6) is -0.0898. The van der Waals surface area contributed by atoms with Crippen LogP contribution in [0.25, 0.3) is 6.08 Å². The Morgan fingerprint density at radius 2 is 1.58 bits per heavy atom. The zero-order valence-electron chi connectivity index (χ0n) is 14.4. The van der Waals surface area contributed by atoms with Gasteiger partial charge in [0.1, 0.15) is 0 Å². The van der Waals surface area contributed by atoms with Gasteiger partial charge in [-0.2, -0.15) is 10.1 Å². The minimum absolute atomic E-state index is 0.0898. The molecule has 0 unspecified atom stereocenters. The van der Waals surface area contributed by atoms with Crippen LogP contribution >= 0.6 is 0 Å². The smallest absolute Gasteiger partial charge is 0.280 e. The molecular formula is C20H21N3O. The Morgan fingerprint density at radius 1 is 0.958 bits per heavy atom. The fourth-order valence-corrected chi connectivity index (χ4v) is 2.58. The second kappa shape index (κ2) is 6.32. The van der Waals surface area contributed by atoms with E-state index in [9.17, 15) is 4.79 Å². The van der Waals surface area contributed by atoms with Gasteiger partial charge in [0.05, 0.1) is 17.0 Å². The maximum absolute atomic E-state index is 12.7. The summed E-state index contributed by atoms with van der Waals surface area (Å²) in [6.45, 7) is 3.89. The molecule has 0 aliphatic carbocycles. The van der Waals surface area contributed by atoms with Crippen molar-refractivity contribution in [1.82, 2.24) is 0 Å². The van der Waals surface area contributed by atoms with E-state index in [4.69, 9.17) is 0 Å². The molecule has 0 bridgehead atoms. The third-order valence-electron chi connectivity index (χ3n) is 4.06. The third kappa shape index (κ3) is 3.08. The highest BCUT2D eigenvalue weighted by Gasteiger charge is 2.28. The van der Waals surface area contributed by atoms with Crippen molar-refractivity contribution in [1.29, 1.82) is 0 Å². The van der Waals surface area contributed by atoms with Crippen LogP contribution in [0.15, 0.2) is 59.2 Å². The number of amides is 1. The highest BCUT2D eigenvalue weighted by atomic mass is 16.2. The first-order chi connectivity index (χ1) is 11.5. The van der Waals surface area contributed by atoms with Gasteiger partial charge in [-0.1, -0.05) is 29.8 Å². The number of nitrogens with zero attached hydrogens (tertiary/aromatic N) is 3. The minimum atomic E-state index is -0.0898. The van der Waals surface area contributed by atoms with Crippen molar-refractivity contribution in [2.45, 2.75) is 13.8 Å². The van der Waals surface area contributed by atoms with Gasteiger partial charge >= 0.3 is 0 Å². The number of carbonyl (C=O) groups is 1. The lowest BCUT2D eigenvalue weighted by atomic mass is 10.1. The maximum Gasteiger partial charge on any atom is 0.280 e. The van der Waals surface area contributed by atoms with E-state index in [1.54, 1.807) is 0 Å². The van der Waals surface area contributed by atoms with Gasteiger partial charge in [-0.05, 0) is 49.8 Å². The molecule has 0 aromatic heterocycles. The second-order valence-electron chi connectivity index (χ2n) is 6.18. The summed E-state index contributed by atoms with van der Waals surface area (Å²) in [6, 6.07) is 15.9. The number of aryl methyl sites for hydroxylation is 1. The standard InChI is InChI=1S/C20H21N3O/c1-14-5-9-18(10-6-14)23-20(24)19(15(2)21-23)13-16-7-11-17(12-8-16)22(3)4/h5-13H,1-4H3. The average molecular weight is 319 g/mol. The van der Waals surface area contributed by atoms with Gasteiger partial charge in [-0.25, -0.2) is 0 Å². The molecule has 4 nitrogen and oxygen atoms in total. The highest BCUT2D eigenvalue weighted by Crippen LogP contribution is 2.25. The van der Waals surface area contributed by atoms with Crippen LogP contribution in [0.2, 0.25) is 0 Å². The fourth-order valence-electron chi connectivity index (χ4n) is 2.58. The lowest BCUT2D eigenvalue weighted by Gasteiger charge is -2.12. The van der Waals surface area contributed by atoms with Crippen LogP contribution < -0.4 is 9.91 Å². The summed E-state index contributed by atoms with van der Waals surface area (Å²) in [5.41, 5.74) is 5.43. The molecule has 1 aliphatic rings. The molecule has 3 rings (SSSR count). The number of hydrazone groups is 1. The molecule has 122 valence electrons. The van der Waals surface area contributed by atoms with Crippen LogP contribution in [0.5, 0.6) is 0 Å². The van der Waals surface area contributed by atoms with Crippen molar-refractivity contribution in [3.05, 3.63) is 65.2 Å². The molecular weight excluding hydrogens is 298 g/mol. The monoisotopic (exact) mass is 319 g/mol. The summed E-state index contributed by atoms with van der Waals surface area (Å²) >= 11 is 0. The first-order valence-corrected chi connectivity index (χ1v) is 7.91. The summed E-state index contributed by atoms with van der Waals surface area (Å²) < 4.78 is 0. The number of hydrogen-bond donors (Lipinski definition) is 0. The van der Waals surface area contributed by atoms with Crippen LogP contribution in [-0.2, 0) is 4.79 Å². The second-order valence-corrected chi connectivity index (χ2v) is 6.18. The number of carbonyl (C=O) groups excluding carboxylic acids is 1. The van der Waals surface area contributed by atoms with Gasteiger partial charge in [-0.3, -0.25) is 4.79 Å². The fraction of sp³-hybridized carbons (Fsp3) is 0.200. The van der Waals surface area contributed by atoms with Crippen LogP contribution in [0.4, 0.5) is 11.4 Å². The van der Waals surface area contributed by atoms with Gasteiger partial charge in [0.2, 0.25) is 0 Å². The number of anilines is 2. The molecule has 1 heterocycles. The molecule has 0 fully saturated rings. The highest BCUT2D eigenvalue weighted by molar-refractivity contribution is 6.32. The van der Waals surface area contributed by atoms with E-state index in [1.807, 2.05) is 87.4 Å². The van der Waals surface area contributed by atoms with Crippen molar-refractivity contribution in [3.63, 3.8) is 0 Å². The molecule has 2 aromatic carbocycles. The molecule has 1 aliphatic heterocycles. The van der Waals surface area contributed by atoms with Crippen LogP contribution in [0.1, 0.15) is 18.1 Å². The summed E-state index contributed by atoms with van der Waals surface area (Å²) in [7, 11) is 4.01. The zero-order chi connectivity index (χ0) is 17.3. The molecule has 2 aromatic rings. The van der Waals surface area contributed by atoms with E-state index in [0.29, 0.717) is 5.57 Å². The van der Waals surface area contributed by atoms with Gasteiger partial charge in [0.15, 0.2) is 0 Å². The van der Waals surface area contributed by atoms with E-state index in [0.717, 1.165) is 28.2 Å². The van der Waals surface area contributed by atoms with Gasteiger partial charge in [0.25, 0.3) is 5.91 Å². The number of hydrogen-bond acceptors (Lipinski definition) is 3. The Hall–Kier alpha value is -2.88. The van der Waals surface area contributed by atoms with Gasteiger partial charge in [-0.15, -0.1) is 0 Å². The lowest BCUT2D eigenvalue weighted by molar-refractivity contribution is -0.114. The molecule has 0 N–H and O–H groups in total. The Bertz CT molecular complexity index is 815. The van der Waals surface area contributed by atoms with Crippen LogP contribution in [0.3, 0.4) is 0 Å². The third-order valence-corrected chi connectivity index (χ3v) is 4.06. The average Bonchev–Trinajstić information content (AvgIpc) is 2.84. The van der Waals surface area contributed by atoms with E-state index in [2.05, 4.69) is 5.10 Å². The van der Waals surface area contributed by atoms with E-state index in [1.165, 1.54) is 5.01 Å². The van der Waals surface area contributed by atoms with Crippen molar-refractivity contribution >= 4 is 29.1 Å². The molecule has 0 radical (unpaired) electrons. The Balaban J connectivity index is 1.88. The van der Waals surface area contributed by atoms with Crippen molar-refractivity contribution < 1.29 is 4.79 Å². The Morgan fingerprint density at radius 3 is 2.17 bits per heavy atom. The molecule has 0 saturated carbocycles. The summed E-state index contributed by atoms with van der Waals surface area (Å²) in [4.78, 5) is 14.8. The Kier molecular flexibility index (Phi) is 4.21. The van der Waals surface area contributed by atoms with Crippen molar-refractivity contribution in [3.8, 4) is 0 Å². The van der Waals surface area contributed by atoms with Crippen molar-refractivity contribution in [2.24, 2.45) is 5.10 Å². The largest absolute Gasteiger partial charge is 0.378 e. The maximum atomic E-state index is 12.7. The quantitative estimate of drug-likeness (QED) is 0.805. The van der Waals surface area contributed by atoms with E-state index in [-0.39, 0.29) is 5.91 Å². The SMILES string of the molecule is CC1=NN(c2ccc(C)cc2)C(=O)C1=Cc1ccc(N(C)C)cc1. The van der Waals surface area contributed by atoms with Gasteiger partial charge in [0, 0.05) is 19.8 Å². The molecule has 4 heteroatoms. The predicted molar refractivity (Wildman–Crippen MR) is 101 cm³/mol. The first kappa shape index (κ1) is 16.0. The Labute approximate surface area is 142 Å². The van der Waals surface area contributed by atoms with E-state index >= 15 is 0 Å². The molecule has 24 heavy (non-hydrogen) atoms. The molecule has 0 spiro atoms. The number of rotatable bonds is 3.